The van der Waals surface area contributed by atoms with Gasteiger partial charge >= 0.3 is 0 Å². The van der Waals surface area contributed by atoms with Gasteiger partial charge in [-0.1, -0.05) is 158 Å². The lowest BCUT2D eigenvalue weighted by atomic mass is 9.92. The zero-order chi connectivity index (χ0) is 37.0. The first-order chi connectivity index (χ1) is 27.8. The van der Waals surface area contributed by atoms with Crippen molar-refractivity contribution in [3.63, 3.8) is 0 Å². The average molecular weight is 730 g/mol. The zero-order valence-electron chi connectivity index (χ0n) is 30.6. The number of nitrogens with zero attached hydrogens (tertiary/aromatic N) is 1. The molecule has 0 amide bonds. The van der Waals surface area contributed by atoms with Crippen molar-refractivity contribution < 1.29 is 0 Å². The molecule has 1 aromatic heterocycles. The van der Waals surface area contributed by atoms with Crippen LogP contribution in [0.5, 0.6) is 0 Å². The van der Waals surface area contributed by atoms with Gasteiger partial charge in [0.05, 0.1) is 0 Å². The molecule has 0 unspecified atom stereocenters. The Bertz CT molecular complexity index is 3180. The van der Waals surface area contributed by atoms with Crippen molar-refractivity contribution in [3.8, 4) is 33.4 Å². The fraction of sp³-hybridized carbons (Fsp3) is 0. The van der Waals surface area contributed by atoms with Gasteiger partial charge in [-0.05, 0) is 120 Å². The normalized spacial score (nSPS) is 11.6. The first kappa shape index (κ1) is 32.4. The third kappa shape index (κ3) is 5.46. The molecule has 56 heavy (non-hydrogen) atoms. The summed E-state index contributed by atoms with van der Waals surface area (Å²) in [4.78, 5) is 2.40. The van der Waals surface area contributed by atoms with E-state index in [9.17, 15) is 0 Å². The molecule has 0 spiro atoms. The lowest BCUT2D eigenvalue weighted by molar-refractivity contribution is 1.29. The third-order valence-electron chi connectivity index (χ3n) is 11.3. The topological polar surface area (TPSA) is 3.24 Å². The standard InChI is InChI=1S/C54H35NS/c1-3-13-36(14-4-1)37-23-27-40(28-24-37)55(42-31-32-47-45-19-8-7-17-43(45)44-18-9-10-20-46(44)51(47)33-42)41-29-25-39(26-30-41)50-35-54-52(48-21-11-12-22-53(48)56-54)34-49(50)38-15-5-2-6-16-38/h1-35H. The Labute approximate surface area is 330 Å². The van der Waals surface area contributed by atoms with E-state index in [1.807, 2.05) is 11.3 Å². The Hall–Kier alpha value is -7.00. The van der Waals surface area contributed by atoms with E-state index in [4.69, 9.17) is 0 Å². The van der Waals surface area contributed by atoms with E-state index in [1.165, 1.54) is 85.9 Å². The molecule has 0 radical (unpaired) electrons. The fourth-order valence-electron chi connectivity index (χ4n) is 8.57. The van der Waals surface area contributed by atoms with Gasteiger partial charge in [0.2, 0.25) is 0 Å². The molecule has 10 aromatic carbocycles. The lowest BCUT2D eigenvalue weighted by Gasteiger charge is -2.27. The second-order valence-corrected chi connectivity index (χ2v) is 15.6. The van der Waals surface area contributed by atoms with Crippen molar-refractivity contribution in [2.45, 2.75) is 0 Å². The van der Waals surface area contributed by atoms with Crippen LogP contribution in [0.15, 0.2) is 212 Å². The van der Waals surface area contributed by atoms with Crippen LogP contribution in [0.25, 0.3) is 85.9 Å². The molecule has 0 atom stereocenters. The molecule has 0 bridgehead atoms. The minimum absolute atomic E-state index is 1.11. The summed E-state index contributed by atoms with van der Waals surface area (Å²) in [6.45, 7) is 0. The first-order valence-electron chi connectivity index (χ1n) is 19.2. The van der Waals surface area contributed by atoms with E-state index in [1.54, 1.807) is 0 Å². The quantitative estimate of drug-likeness (QED) is 0.154. The Morgan fingerprint density at radius 3 is 1.30 bits per heavy atom. The molecule has 0 aliphatic carbocycles. The SMILES string of the molecule is c1ccc(-c2ccc(N(c3ccc(-c4cc5sc6ccccc6c5cc4-c4ccccc4)cc3)c3ccc4c5ccccc5c5ccccc5c4c3)cc2)cc1. The van der Waals surface area contributed by atoms with Gasteiger partial charge in [-0.15, -0.1) is 11.3 Å². The summed E-state index contributed by atoms with van der Waals surface area (Å²) >= 11 is 1.87. The van der Waals surface area contributed by atoms with Gasteiger partial charge in [0.25, 0.3) is 0 Å². The van der Waals surface area contributed by atoms with E-state index in [2.05, 4.69) is 217 Å². The number of fused-ring (bicyclic) bond motifs is 9. The average Bonchev–Trinajstić information content (AvgIpc) is 3.65. The maximum atomic E-state index is 2.40. The van der Waals surface area contributed by atoms with Crippen LogP contribution in [0.4, 0.5) is 17.1 Å². The Balaban J connectivity index is 1.08. The zero-order valence-corrected chi connectivity index (χ0v) is 31.4. The number of hydrogen-bond acceptors (Lipinski definition) is 2. The smallest absolute Gasteiger partial charge is 0.0468 e. The number of thiophene rings is 1. The van der Waals surface area contributed by atoms with Crippen molar-refractivity contribution in [1.29, 1.82) is 0 Å². The molecule has 0 saturated heterocycles. The Morgan fingerprint density at radius 2 is 0.679 bits per heavy atom. The lowest BCUT2D eigenvalue weighted by Crippen LogP contribution is -2.10. The second-order valence-electron chi connectivity index (χ2n) is 14.5. The predicted octanol–water partition coefficient (Wildman–Crippen LogP) is 16.0. The minimum Gasteiger partial charge on any atom is -0.310 e. The first-order valence-corrected chi connectivity index (χ1v) is 20.0. The molecule has 11 aromatic rings. The highest BCUT2D eigenvalue weighted by Crippen LogP contribution is 2.44. The summed E-state index contributed by atoms with van der Waals surface area (Å²) in [7, 11) is 0. The second kappa shape index (κ2) is 13.4. The number of rotatable bonds is 6. The van der Waals surface area contributed by atoms with Crippen LogP contribution in [-0.4, -0.2) is 0 Å². The van der Waals surface area contributed by atoms with E-state index in [0.29, 0.717) is 0 Å². The monoisotopic (exact) mass is 729 g/mol. The Morgan fingerprint density at radius 1 is 0.250 bits per heavy atom. The van der Waals surface area contributed by atoms with Crippen LogP contribution in [0.3, 0.4) is 0 Å². The highest BCUT2D eigenvalue weighted by molar-refractivity contribution is 7.25. The van der Waals surface area contributed by atoms with E-state index >= 15 is 0 Å². The van der Waals surface area contributed by atoms with Crippen molar-refractivity contribution in [2.24, 2.45) is 0 Å². The summed E-state index contributed by atoms with van der Waals surface area (Å²) in [5, 5.41) is 10.3. The van der Waals surface area contributed by atoms with Crippen LogP contribution in [0, 0.1) is 0 Å². The summed E-state index contributed by atoms with van der Waals surface area (Å²) in [6, 6.07) is 77.7. The van der Waals surface area contributed by atoms with Gasteiger partial charge in [-0.2, -0.15) is 0 Å². The highest BCUT2D eigenvalue weighted by Gasteiger charge is 2.18. The van der Waals surface area contributed by atoms with Crippen molar-refractivity contribution in [1.82, 2.24) is 0 Å². The van der Waals surface area contributed by atoms with Crippen LogP contribution < -0.4 is 4.90 Å². The summed E-state index contributed by atoms with van der Waals surface area (Å²) in [5.41, 5.74) is 10.7. The Kier molecular flexibility index (Phi) is 7.75. The molecule has 2 heteroatoms. The molecule has 1 nitrogen and oxygen atoms in total. The molecule has 11 rings (SSSR count). The molecule has 0 saturated carbocycles. The van der Waals surface area contributed by atoms with Gasteiger partial charge in [0.1, 0.15) is 0 Å². The summed E-state index contributed by atoms with van der Waals surface area (Å²) in [6.07, 6.45) is 0. The van der Waals surface area contributed by atoms with Gasteiger partial charge < -0.3 is 4.90 Å². The summed E-state index contributed by atoms with van der Waals surface area (Å²) < 4.78 is 2.63. The van der Waals surface area contributed by atoms with E-state index in [-0.39, 0.29) is 0 Å². The molecule has 0 aliphatic rings. The highest BCUT2D eigenvalue weighted by atomic mass is 32.1. The van der Waals surface area contributed by atoms with Crippen LogP contribution in [-0.2, 0) is 0 Å². The molecule has 262 valence electrons. The molecule has 0 N–H and O–H groups in total. The van der Waals surface area contributed by atoms with Crippen LogP contribution in [0.2, 0.25) is 0 Å². The number of anilines is 3. The van der Waals surface area contributed by atoms with Gasteiger partial charge in [0.15, 0.2) is 0 Å². The minimum atomic E-state index is 1.11. The predicted molar refractivity (Wildman–Crippen MR) is 243 cm³/mol. The maximum absolute atomic E-state index is 2.40. The largest absolute Gasteiger partial charge is 0.310 e. The molecule has 0 fully saturated rings. The van der Waals surface area contributed by atoms with Gasteiger partial charge in [0, 0.05) is 37.2 Å². The van der Waals surface area contributed by atoms with Crippen LogP contribution >= 0.6 is 11.3 Å². The van der Waals surface area contributed by atoms with Gasteiger partial charge in [-0.3, -0.25) is 0 Å². The van der Waals surface area contributed by atoms with Crippen molar-refractivity contribution in [3.05, 3.63) is 212 Å². The fourth-order valence-corrected chi connectivity index (χ4v) is 9.70. The summed E-state index contributed by atoms with van der Waals surface area (Å²) in [5.74, 6) is 0. The number of benzene rings is 10. The number of hydrogen-bond donors (Lipinski definition) is 0. The van der Waals surface area contributed by atoms with E-state index < -0.39 is 0 Å². The molecular weight excluding hydrogens is 695 g/mol. The van der Waals surface area contributed by atoms with Crippen molar-refractivity contribution >= 4 is 80.9 Å². The maximum Gasteiger partial charge on any atom is 0.0468 e. The molecule has 1 heterocycles. The van der Waals surface area contributed by atoms with E-state index in [0.717, 1.165) is 17.1 Å². The van der Waals surface area contributed by atoms with Crippen molar-refractivity contribution in [2.75, 3.05) is 4.90 Å². The third-order valence-corrected chi connectivity index (χ3v) is 12.4. The molecular formula is C54H35NS. The molecule has 0 aliphatic heterocycles. The van der Waals surface area contributed by atoms with Crippen LogP contribution in [0.1, 0.15) is 0 Å². The van der Waals surface area contributed by atoms with Gasteiger partial charge in [-0.25, -0.2) is 0 Å².